The Labute approximate surface area is 106 Å². The van der Waals surface area contributed by atoms with Gasteiger partial charge in [0.05, 0.1) is 22.7 Å². The van der Waals surface area contributed by atoms with E-state index in [1.165, 1.54) is 18.2 Å². The normalized spacial score (nSPS) is 12.1. The molecule has 1 heterocycles. The van der Waals surface area contributed by atoms with E-state index in [0.717, 1.165) is 4.57 Å². The highest BCUT2D eigenvalue weighted by atomic mass is 19.3. The summed E-state index contributed by atoms with van der Waals surface area (Å²) in [6.45, 7) is 1.64. The second-order valence-electron chi connectivity index (χ2n) is 3.92. The lowest BCUT2D eigenvalue weighted by molar-refractivity contribution is -0.142. The molecule has 100 valence electrons. The molecule has 0 atom stereocenters. The summed E-state index contributed by atoms with van der Waals surface area (Å²) >= 11 is 0. The molecule has 0 bridgehead atoms. The van der Waals surface area contributed by atoms with Gasteiger partial charge in [0.25, 0.3) is 0 Å². The molecule has 0 N–H and O–H groups in total. The maximum Gasteiger partial charge on any atom is 0.364 e. The quantitative estimate of drug-likeness (QED) is 0.804. The summed E-state index contributed by atoms with van der Waals surface area (Å²) < 4.78 is 52.8. The van der Waals surface area contributed by atoms with Crippen LogP contribution in [0.5, 0.6) is 0 Å². The van der Waals surface area contributed by atoms with Crippen LogP contribution in [0.15, 0.2) is 18.2 Å². The first-order valence-corrected chi connectivity index (χ1v) is 5.48. The van der Waals surface area contributed by atoms with Crippen molar-refractivity contribution in [2.75, 3.05) is 0 Å². The maximum absolute atomic E-state index is 13.4. The number of aromatic nitrogens is 2. The largest absolute Gasteiger partial charge is 0.364 e. The minimum Gasteiger partial charge on any atom is -0.323 e. The van der Waals surface area contributed by atoms with E-state index < -0.39 is 18.2 Å². The van der Waals surface area contributed by atoms with Crippen LogP contribution in [0.4, 0.5) is 17.6 Å². The summed E-state index contributed by atoms with van der Waals surface area (Å²) in [4.78, 5) is 3.57. The van der Waals surface area contributed by atoms with Crippen molar-refractivity contribution in [3.63, 3.8) is 0 Å². The van der Waals surface area contributed by atoms with Crippen molar-refractivity contribution < 1.29 is 17.6 Å². The Morgan fingerprint density at radius 3 is 2.63 bits per heavy atom. The van der Waals surface area contributed by atoms with Gasteiger partial charge in [-0.2, -0.15) is 14.0 Å². The minimum absolute atomic E-state index is 0.0834. The van der Waals surface area contributed by atoms with Crippen LogP contribution < -0.4 is 0 Å². The summed E-state index contributed by atoms with van der Waals surface area (Å²) in [6.07, 6.45) is -3.83. The van der Waals surface area contributed by atoms with E-state index in [-0.39, 0.29) is 17.6 Å². The van der Waals surface area contributed by atoms with Crippen molar-refractivity contribution in [2.45, 2.75) is 25.8 Å². The first-order chi connectivity index (χ1) is 8.91. The van der Waals surface area contributed by atoms with Crippen molar-refractivity contribution in [1.29, 1.82) is 5.26 Å². The van der Waals surface area contributed by atoms with E-state index in [0.29, 0.717) is 5.52 Å². The molecule has 0 saturated heterocycles. The van der Waals surface area contributed by atoms with Gasteiger partial charge in [-0.3, -0.25) is 0 Å². The Hall–Kier alpha value is -2.10. The van der Waals surface area contributed by atoms with Gasteiger partial charge in [0.15, 0.2) is 5.82 Å². The third kappa shape index (κ3) is 2.03. The average molecular weight is 271 g/mol. The van der Waals surface area contributed by atoms with Crippen LogP contribution in [0, 0.1) is 11.3 Å². The lowest BCUT2D eigenvalue weighted by atomic mass is 10.2. The van der Waals surface area contributed by atoms with Gasteiger partial charge in [0.2, 0.25) is 0 Å². The average Bonchev–Trinajstić information content (AvgIpc) is 2.76. The topological polar surface area (TPSA) is 41.6 Å². The van der Waals surface area contributed by atoms with Crippen molar-refractivity contribution in [3.8, 4) is 6.07 Å². The summed E-state index contributed by atoms with van der Waals surface area (Å²) in [5.41, 5.74) is 0.646. The van der Waals surface area contributed by atoms with Crippen LogP contribution in [-0.2, 0) is 12.5 Å². The SMILES string of the molecule is CCn1c(C(F)(F)C(F)F)nc2cc(C#N)ccc21. The fraction of sp³-hybridized carbons (Fsp3) is 0.333. The van der Waals surface area contributed by atoms with Crippen LogP contribution in [0.25, 0.3) is 11.0 Å². The van der Waals surface area contributed by atoms with E-state index in [2.05, 4.69) is 4.98 Å². The Morgan fingerprint density at radius 2 is 2.11 bits per heavy atom. The lowest BCUT2D eigenvalue weighted by Crippen LogP contribution is -2.27. The van der Waals surface area contributed by atoms with Gasteiger partial charge in [-0.05, 0) is 25.1 Å². The fourth-order valence-electron chi connectivity index (χ4n) is 1.87. The first-order valence-electron chi connectivity index (χ1n) is 5.48. The Kier molecular flexibility index (Phi) is 3.18. The standard InChI is InChI=1S/C12H9F4N3/c1-2-19-9-4-3-7(6-17)5-8(9)18-11(19)12(15,16)10(13)14/h3-5,10H,2H2,1H3. The fourth-order valence-corrected chi connectivity index (χ4v) is 1.87. The second-order valence-corrected chi connectivity index (χ2v) is 3.92. The van der Waals surface area contributed by atoms with Crippen LogP contribution in [0.3, 0.4) is 0 Å². The molecule has 2 aromatic rings. The summed E-state index contributed by atoms with van der Waals surface area (Å²) in [7, 11) is 0. The van der Waals surface area contributed by atoms with Crippen molar-refractivity contribution in [2.24, 2.45) is 0 Å². The number of hydrogen-bond acceptors (Lipinski definition) is 2. The number of nitriles is 1. The molecule has 0 spiro atoms. The predicted octanol–water partition coefficient (Wildman–Crippen LogP) is 3.28. The molecule has 0 saturated carbocycles. The van der Waals surface area contributed by atoms with Crippen LogP contribution in [-0.4, -0.2) is 16.0 Å². The number of aryl methyl sites for hydroxylation is 1. The number of benzene rings is 1. The number of rotatable bonds is 3. The zero-order valence-corrected chi connectivity index (χ0v) is 9.87. The number of fused-ring (bicyclic) bond motifs is 1. The Morgan fingerprint density at radius 1 is 1.42 bits per heavy atom. The smallest absolute Gasteiger partial charge is 0.323 e. The lowest BCUT2D eigenvalue weighted by Gasteiger charge is -2.15. The highest BCUT2D eigenvalue weighted by Crippen LogP contribution is 2.35. The molecule has 3 nitrogen and oxygen atoms in total. The predicted molar refractivity (Wildman–Crippen MR) is 60.0 cm³/mol. The van der Waals surface area contributed by atoms with Gasteiger partial charge < -0.3 is 4.57 Å². The maximum atomic E-state index is 13.4. The van der Waals surface area contributed by atoms with Gasteiger partial charge in [-0.1, -0.05) is 0 Å². The summed E-state index contributed by atoms with van der Waals surface area (Å²) in [5.74, 6) is -5.29. The molecule has 0 amide bonds. The molecule has 1 aromatic heterocycles. The van der Waals surface area contributed by atoms with E-state index in [4.69, 9.17) is 5.26 Å². The minimum atomic E-state index is -4.32. The molecule has 0 aliphatic rings. The monoisotopic (exact) mass is 271 g/mol. The number of hydrogen-bond donors (Lipinski definition) is 0. The number of nitrogens with zero attached hydrogens (tertiary/aromatic N) is 3. The number of alkyl halides is 4. The molecule has 0 fully saturated rings. The molecular weight excluding hydrogens is 262 g/mol. The second kappa shape index (κ2) is 4.53. The third-order valence-electron chi connectivity index (χ3n) is 2.77. The zero-order chi connectivity index (χ0) is 14.2. The molecular formula is C12H9F4N3. The van der Waals surface area contributed by atoms with E-state index in [1.807, 2.05) is 6.07 Å². The number of imidazole rings is 1. The van der Waals surface area contributed by atoms with E-state index in [9.17, 15) is 17.6 Å². The van der Waals surface area contributed by atoms with E-state index >= 15 is 0 Å². The molecule has 1 aromatic carbocycles. The van der Waals surface area contributed by atoms with Gasteiger partial charge in [0, 0.05) is 6.54 Å². The molecule has 2 rings (SSSR count). The molecule has 0 unspecified atom stereocenters. The van der Waals surface area contributed by atoms with Crippen molar-refractivity contribution in [3.05, 3.63) is 29.6 Å². The van der Waals surface area contributed by atoms with Gasteiger partial charge in [-0.25, -0.2) is 13.8 Å². The first kappa shape index (κ1) is 13.3. The molecule has 0 aliphatic heterocycles. The van der Waals surface area contributed by atoms with Gasteiger partial charge in [0.1, 0.15) is 0 Å². The van der Waals surface area contributed by atoms with Crippen LogP contribution in [0.1, 0.15) is 18.3 Å². The summed E-state index contributed by atoms with van der Waals surface area (Å²) in [5, 5.41) is 8.73. The zero-order valence-electron chi connectivity index (χ0n) is 9.87. The Bertz CT molecular complexity index is 655. The van der Waals surface area contributed by atoms with Crippen LogP contribution >= 0.6 is 0 Å². The van der Waals surface area contributed by atoms with Gasteiger partial charge >= 0.3 is 12.3 Å². The molecule has 19 heavy (non-hydrogen) atoms. The van der Waals surface area contributed by atoms with E-state index in [1.54, 1.807) is 6.92 Å². The molecule has 0 radical (unpaired) electrons. The summed E-state index contributed by atoms with van der Waals surface area (Å²) in [6, 6.07) is 6.00. The third-order valence-corrected chi connectivity index (χ3v) is 2.77. The Balaban J connectivity index is 2.72. The highest BCUT2D eigenvalue weighted by molar-refractivity contribution is 5.78. The van der Waals surface area contributed by atoms with Gasteiger partial charge in [-0.15, -0.1) is 0 Å². The molecule has 7 heteroatoms. The molecule has 0 aliphatic carbocycles. The van der Waals surface area contributed by atoms with Crippen molar-refractivity contribution in [1.82, 2.24) is 9.55 Å². The van der Waals surface area contributed by atoms with Crippen molar-refractivity contribution >= 4 is 11.0 Å². The van der Waals surface area contributed by atoms with Crippen LogP contribution in [0.2, 0.25) is 0 Å². The number of halogens is 4. The highest BCUT2D eigenvalue weighted by Gasteiger charge is 2.47.